The maximum atomic E-state index is 11.6. The lowest BCUT2D eigenvalue weighted by Crippen LogP contribution is -2.23. The minimum Gasteiger partial charge on any atom is -0.396 e. The minimum atomic E-state index is -4.72. The molecule has 0 aromatic heterocycles. The number of carbonyl (C=O) groups is 1. The number of rotatable bonds is 5. The molecule has 4 N–H and O–H groups in total. The highest BCUT2D eigenvalue weighted by Crippen LogP contribution is 2.46. The standard InChI is InChI=1S/C9H8Cl2NO4P.C4H10O/c10-7(11)9(17(14,15)16)12-8(13)6-4-2-1-3-5-6;1-2-3-4-5/h1-5H,(H,12,13)(H2,14,15,16);5H,2-4H2,1H3. The van der Waals surface area contributed by atoms with Crippen molar-refractivity contribution in [1.29, 1.82) is 0 Å². The summed E-state index contributed by atoms with van der Waals surface area (Å²) in [5.41, 5.74) is -0.581. The molecular formula is C13H18Cl2NO5P. The van der Waals surface area contributed by atoms with Crippen LogP contribution in [0.1, 0.15) is 30.1 Å². The van der Waals surface area contributed by atoms with E-state index in [1.165, 1.54) is 12.1 Å². The quantitative estimate of drug-likeness (QED) is 0.596. The molecular weight excluding hydrogens is 352 g/mol. The Morgan fingerprint density at radius 2 is 1.77 bits per heavy atom. The largest absolute Gasteiger partial charge is 0.396 e. The van der Waals surface area contributed by atoms with Gasteiger partial charge in [0.2, 0.25) is 0 Å². The number of aliphatic hydroxyl groups is 1. The second-order valence-electron chi connectivity index (χ2n) is 4.05. The van der Waals surface area contributed by atoms with E-state index >= 15 is 0 Å². The van der Waals surface area contributed by atoms with Gasteiger partial charge >= 0.3 is 7.60 Å². The topological polar surface area (TPSA) is 107 Å². The highest BCUT2D eigenvalue weighted by molar-refractivity contribution is 7.56. The van der Waals surface area contributed by atoms with E-state index in [1.807, 2.05) is 5.32 Å². The van der Waals surface area contributed by atoms with E-state index in [0.717, 1.165) is 12.8 Å². The van der Waals surface area contributed by atoms with Crippen LogP contribution < -0.4 is 5.32 Å². The lowest BCUT2D eigenvalue weighted by atomic mass is 10.2. The smallest absolute Gasteiger partial charge is 0.374 e. The molecule has 1 aromatic rings. The van der Waals surface area contributed by atoms with Crippen LogP contribution in [0, 0.1) is 0 Å². The van der Waals surface area contributed by atoms with Gasteiger partial charge < -0.3 is 20.2 Å². The van der Waals surface area contributed by atoms with Crippen LogP contribution in [0.25, 0.3) is 0 Å². The maximum absolute atomic E-state index is 11.6. The number of amides is 1. The van der Waals surface area contributed by atoms with Gasteiger partial charge in [-0.15, -0.1) is 0 Å². The molecule has 0 bridgehead atoms. The van der Waals surface area contributed by atoms with E-state index in [2.05, 4.69) is 6.92 Å². The summed E-state index contributed by atoms with van der Waals surface area (Å²) in [5, 5.41) is 10.1. The fraction of sp³-hybridized carbons (Fsp3) is 0.308. The Morgan fingerprint density at radius 3 is 2.09 bits per heavy atom. The first-order valence-corrected chi connectivity index (χ1v) is 8.69. The van der Waals surface area contributed by atoms with Crippen LogP contribution in [0.4, 0.5) is 0 Å². The zero-order valence-electron chi connectivity index (χ0n) is 11.9. The Bertz CT molecular complexity index is 539. The van der Waals surface area contributed by atoms with Gasteiger partial charge in [-0.2, -0.15) is 0 Å². The third-order valence-corrected chi connectivity index (χ3v) is 3.81. The minimum absolute atomic E-state index is 0.230. The Hall–Kier alpha value is -0.880. The number of hydrogen-bond acceptors (Lipinski definition) is 3. The third-order valence-electron chi connectivity index (χ3n) is 2.25. The molecule has 124 valence electrons. The molecule has 1 rings (SSSR count). The molecule has 0 aliphatic carbocycles. The molecule has 0 spiro atoms. The van der Waals surface area contributed by atoms with Crippen LogP contribution in [0.5, 0.6) is 0 Å². The first-order valence-electron chi connectivity index (χ1n) is 6.32. The van der Waals surface area contributed by atoms with E-state index in [1.54, 1.807) is 18.2 Å². The monoisotopic (exact) mass is 369 g/mol. The van der Waals surface area contributed by atoms with E-state index in [4.69, 9.17) is 38.1 Å². The molecule has 22 heavy (non-hydrogen) atoms. The number of nitrogens with one attached hydrogen (secondary N) is 1. The van der Waals surface area contributed by atoms with Gasteiger partial charge in [0.05, 0.1) is 0 Å². The number of benzene rings is 1. The van der Waals surface area contributed by atoms with Crippen LogP contribution in [-0.2, 0) is 4.57 Å². The normalized spacial score (nSPS) is 10.3. The van der Waals surface area contributed by atoms with Crippen molar-refractivity contribution < 1.29 is 24.3 Å². The summed E-state index contributed by atoms with van der Waals surface area (Å²) in [6, 6.07) is 7.88. The lowest BCUT2D eigenvalue weighted by molar-refractivity contribution is 0.0966. The molecule has 0 radical (unpaired) electrons. The molecule has 0 fully saturated rings. The van der Waals surface area contributed by atoms with Gasteiger partial charge in [0.1, 0.15) is 4.49 Å². The molecule has 0 heterocycles. The first-order chi connectivity index (χ1) is 10.2. The van der Waals surface area contributed by atoms with Crippen molar-refractivity contribution in [3.63, 3.8) is 0 Å². The predicted octanol–water partition coefficient (Wildman–Crippen LogP) is 2.98. The lowest BCUT2D eigenvalue weighted by Gasteiger charge is -2.11. The second-order valence-corrected chi connectivity index (χ2v) is 6.54. The molecule has 0 aliphatic rings. The summed E-state index contributed by atoms with van der Waals surface area (Å²) in [6.45, 7) is 2.40. The van der Waals surface area contributed by atoms with Crippen molar-refractivity contribution in [1.82, 2.24) is 5.32 Å². The van der Waals surface area contributed by atoms with Crippen LogP contribution in [0.3, 0.4) is 0 Å². The average molecular weight is 370 g/mol. The molecule has 0 aliphatic heterocycles. The first kappa shape index (κ1) is 21.1. The van der Waals surface area contributed by atoms with Crippen molar-refractivity contribution in [3.05, 3.63) is 45.8 Å². The molecule has 9 heteroatoms. The Morgan fingerprint density at radius 1 is 1.23 bits per heavy atom. The van der Waals surface area contributed by atoms with Crippen LogP contribution in [0.2, 0.25) is 0 Å². The number of aliphatic hydroxyl groups excluding tert-OH is 1. The van der Waals surface area contributed by atoms with Gasteiger partial charge in [-0.3, -0.25) is 9.36 Å². The van der Waals surface area contributed by atoms with E-state index in [9.17, 15) is 9.36 Å². The molecule has 0 atom stereocenters. The van der Waals surface area contributed by atoms with Gasteiger partial charge in [-0.05, 0) is 18.6 Å². The SMILES string of the molecule is CCCCO.O=C(NC(=C(Cl)Cl)P(=O)(O)O)c1ccccc1. The van der Waals surface area contributed by atoms with E-state index in [0.29, 0.717) is 6.61 Å². The predicted molar refractivity (Wildman–Crippen MR) is 86.7 cm³/mol. The van der Waals surface area contributed by atoms with Gasteiger partial charge in [0.15, 0.2) is 5.44 Å². The Labute approximate surface area is 138 Å². The van der Waals surface area contributed by atoms with Crippen LogP contribution >= 0.6 is 30.8 Å². The zero-order chi connectivity index (χ0) is 17.2. The summed E-state index contributed by atoms with van der Waals surface area (Å²) in [7, 11) is -4.72. The van der Waals surface area contributed by atoms with E-state index < -0.39 is 23.4 Å². The Kier molecular flexibility index (Phi) is 10.3. The van der Waals surface area contributed by atoms with Gasteiger partial charge in [-0.25, -0.2) is 0 Å². The number of hydrogen-bond donors (Lipinski definition) is 4. The average Bonchev–Trinajstić information content (AvgIpc) is 2.45. The number of halogens is 2. The van der Waals surface area contributed by atoms with Gasteiger partial charge in [0, 0.05) is 12.2 Å². The summed E-state index contributed by atoms with van der Waals surface area (Å²) in [5.74, 6) is -0.706. The summed E-state index contributed by atoms with van der Waals surface area (Å²) in [4.78, 5) is 29.4. The molecule has 0 saturated heterocycles. The van der Waals surface area contributed by atoms with E-state index in [-0.39, 0.29) is 5.56 Å². The molecule has 1 aromatic carbocycles. The van der Waals surface area contributed by atoms with Crippen molar-refractivity contribution >= 4 is 36.7 Å². The highest BCUT2D eigenvalue weighted by atomic mass is 35.5. The highest BCUT2D eigenvalue weighted by Gasteiger charge is 2.26. The van der Waals surface area contributed by atoms with Crippen LogP contribution in [-0.4, -0.2) is 27.4 Å². The molecule has 6 nitrogen and oxygen atoms in total. The van der Waals surface area contributed by atoms with Crippen molar-refractivity contribution in [2.24, 2.45) is 0 Å². The van der Waals surface area contributed by atoms with Gasteiger partial charge in [0.25, 0.3) is 5.91 Å². The zero-order valence-corrected chi connectivity index (χ0v) is 14.3. The fourth-order valence-electron chi connectivity index (χ4n) is 1.16. The second kappa shape index (κ2) is 10.8. The van der Waals surface area contributed by atoms with Crippen molar-refractivity contribution in [3.8, 4) is 0 Å². The van der Waals surface area contributed by atoms with Crippen LogP contribution in [0.15, 0.2) is 40.3 Å². The number of unbranched alkanes of at least 4 members (excludes halogenated alkanes) is 1. The fourth-order valence-corrected chi connectivity index (χ4v) is 2.38. The van der Waals surface area contributed by atoms with Crippen molar-refractivity contribution in [2.75, 3.05) is 6.61 Å². The van der Waals surface area contributed by atoms with Crippen molar-refractivity contribution in [2.45, 2.75) is 19.8 Å². The maximum Gasteiger partial charge on any atom is 0.374 e. The summed E-state index contributed by atoms with van der Waals surface area (Å²) < 4.78 is 10.3. The molecule has 0 saturated carbocycles. The number of carbonyl (C=O) groups excluding carboxylic acids is 1. The summed E-state index contributed by atoms with van der Waals surface area (Å²) in [6.07, 6.45) is 2.04. The Balaban J connectivity index is 0.000000763. The van der Waals surface area contributed by atoms with Gasteiger partial charge in [-0.1, -0.05) is 54.7 Å². The molecule has 0 unspecified atom stereocenters. The summed E-state index contributed by atoms with van der Waals surface area (Å²) >= 11 is 10.6. The third kappa shape index (κ3) is 8.54. The molecule has 1 amide bonds.